The van der Waals surface area contributed by atoms with E-state index in [-0.39, 0.29) is 0 Å². The summed E-state index contributed by atoms with van der Waals surface area (Å²) in [6.45, 7) is 0. The minimum Gasteiger partial charge on any atom is -0.449 e. The van der Waals surface area contributed by atoms with E-state index in [2.05, 4.69) is 0 Å². The average Bonchev–Trinajstić information content (AvgIpc) is 1.61. The first-order valence-corrected chi connectivity index (χ1v) is 6.63. The second-order valence-corrected chi connectivity index (χ2v) is 6.80. The Hall–Kier alpha value is 0.821. The Balaban J connectivity index is 2.68. The van der Waals surface area contributed by atoms with Gasteiger partial charge in [0, 0.05) is 0 Å². The number of nitrogens with two attached hydrogens (primary N) is 1. The fourth-order valence-corrected chi connectivity index (χ4v) is 2.89. The quantitative estimate of drug-likeness (QED) is 0.371. The van der Waals surface area contributed by atoms with E-state index in [0.29, 0.717) is 0 Å². The molecule has 0 radical (unpaired) electrons. The van der Waals surface area contributed by atoms with Crippen molar-refractivity contribution in [3.05, 3.63) is 0 Å². The standard InChI is InChI=1S/ClH8NO2Si3/c1-7(2)4-6-3-5/h7H,2,6H2,5H3. The van der Waals surface area contributed by atoms with E-state index in [1.165, 1.54) is 0 Å². The van der Waals surface area contributed by atoms with E-state index in [1.807, 2.05) is 0 Å². The molecule has 0 aliphatic carbocycles. The van der Waals surface area contributed by atoms with Gasteiger partial charge in [0.1, 0.15) is 10.5 Å². The molecule has 0 bridgehead atoms. The molecule has 0 amide bonds. The largest absolute Gasteiger partial charge is 0.449 e. The summed E-state index contributed by atoms with van der Waals surface area (Å²) in [6, 6.07) is 0. The number of hydrogen-bond donors (Lipinski definition) is 1. The van der Waals surface area contributed by atoms with Gasteiger partial charge in [0.2, 0.25) is 0 Å². The van der Waals surface area contributed by atoms with Crippen molar-refractivity contribution in [3.63, 3.8) is 0 Å². The lowest BCUT2D eigenvalue weighted by atomic mass is 13.9. The Morgan fingerprint density at radius 3 is 2.57 bits per heavy atom. The molecule has 7 heteroatoms. The molecule has 0 heterocycles. The van der Waals surface area contributed by atoms with Crippen molar-refractivity contribution in [2.75, 3.05) is 0 Å². The summed E-state index contributed by atoms with van der Waals surface area (Å²) in [5, 5.41) is 5.13. The van der Waals surface area contributed by atoms with Gasteiger partial charge in [0.25, 0.3) is 10.0 Å². The molecule has 0 saturated carbocycles. The smallest absolute Gasteiger partial charge is 0.342 e. The highest BCUT2D eigenvalue weighted by atomic mass is 35.6. The van der Waals surface area contributed by atoms with Gasteiger partial charge >= 0.3 is 8.51 Å². The van der Waals surface area contributed by atoms with Crippen LogP contribution >= 0.6 is 11.1 Å². The van der Waals surface area contributed by atoms with Crippen molar-refractivity contribution < 1.29 is 8.23 Å². The molecule has 0 aromatic carbocycles. The monoisotopic (exact) mass is 173 g/mol. The first-order valence-electron chi connectivity index (χ1n) is 1.77. The van der Waals surface area contributed by atoms with Gasteiger partial charge in [0.05, 0.1) is 0 Å². The van der Waals surface area contributed by atoms with Crippen molar-refractivity contribution in [3.8, 4) is 0 Å². The molecule has 3 nitrogen and oxygen atoms in total. The van der Waals surface area contributed by atoms with Crippen LogP contribution in [0.5, 0.6) is 0 Å². The van der Waals surface area contributed by atoms with Gasteiger partial charge in [-0.15, -0.1) is 11.1 Å². The third-order valence-electron chi connectivity index (χ3n) is 0.345. The van der Waals surface area contributed by atoms with Crippen LogP contribution in [0.15, 0.2) is 0 Å². The lowest BCUT2D eigenvalue weighted by molar-refractivity contribution is 0.499. The van der Waals surface area contributed by atoms with E-state index in [4.69, 9.17) is 24.7 Å². The first kappa shape index (κ1) is 7.82. The molecule has 0 aromatic rings. The van der Waals surface area contributed by atoms with E-state index in [1.54, 1.807) is 0 Å². The molecule has 0 aliphatic rings. The van der Waals surface area contributed by atoms with E-state index < -0.39 is 18.5 Å². The maximum absolute atomic E-state index is 5.32. The molecule has 1 unspecified atom stereocenters. The van der Waals surface area contributed by atoms with Gasteiger partial charge in [0.15, 0.2) is 0 Å². The van der Waals surface area contributed by atoms with Gasteiger partial charge in [-0.1, -0.05) is 0 Å². The van der Waals surface area contributed by atoms with Gasteiger partial charge in [-0.3, -0.25) is 0 Å². The van der Waals surface area contributed by atoms with Gasteiger partial charge in [-0.25, -0.2) is 0 Å². The van der Waals surface area contributed by atoms with Gasteiger partial charge in [-0.05, 0) is 0 Å². The van der Waals surface area contributed by atoms with Crippen LogP contribution in [0.25, 0.3) is 0 Å². The molecule has 2 N–H and O–H groups in total. The average molecular weight is 174 g/mol. The first-order chi connectivity index (χ1) is 3.27. The van der Waals surface area contributed by atoms with E-state index >= 15 is 0 Å². The maximum atomic E-state index is 5.32. The van der Waals surface area contributed by atoms with Crippen LogP contribution in [-0.4, -0.2) is 29.0 Å². The van der Waals surface area contributed by atoms with Crippen LogP contribution in [0.4, 0.5) is 0 Å². The number of hydrogen-bond acceptors (Lipinski definition) is 3. The van der Waals surface area contributed by atoms with Crippen molar-refractivity contribution in [1.29, 1.82) is 0 Å². The second kappa shape index (κ2) is 4.97. The normalized spacial score (nSPS) is 16.3. The van der Waals surface area contributed by atoms with E-state index in [0.717, 1.165) is 10.5 Å². The maximum Gasteiger partial charge on any atom is 0.342 e. The Labute approximate surface area is 54.2 Å². The molecule has 0 saturated heterocycles. The topological polar surface area (TPSA) is 44.5 Å². The Morgan fingerprint density at radius 2 is 2.43 bits per heavy atom. The highest BCUT2D eigenvalue weighted by Gasteiger charge is 1.95. The van der Waals surface area contributed by atoms with Crippen LogP contribution in [0.1, 0.15) is 0 Å². The number of halogens is 1. The molecular formula is H8ClNO2Si3. The van der Waals surface area contributed by atoms with Crippen LogP contribution < -0.4 is 5.40 Å². The summed E-state index contributed by atoms with van der Waals surface area (Å²) in [6.07, 6.45) is 0. The second-order valence-electron chi connectivity index (χ2n) is 0.924. The molecule has 44 valence electrons. The predicted molar refractivity (Wildman–Crippen MR) is 37.8 cm³/mol. The zero-order valence-corrected chi connectivity index (χ0v) is 9.38. The third kappa shape index (κ3) is 6.82. The molecule has 0 fully saturated rings. The third-order valence-corrected chi connectivity index (χ3v) is 4.24. The summed E-state index contributed by atoms with van der Waals surface area (Å²) in [4.78, 5) is 0. The fourth-order valence-electron chi connectivity index (χ4n) is 0.133. The van der Waals surface area contributed by atoms with Crippen molar-refractivity contribution in [2.45, 2.75) is 0 Å². The van der Waals surface area contributed by atoms with Crippen LogP contribution in [0, 0.1) is 0 Å². The summed E-state index contributed by atoms with van der Waals surface area (Å²) in [5.74, 6) is 0. The molecule has 7 heavy (non-hydrogen) atoms. The molecule has 1 atom stereocenters. The minimum absolute atomic E-state index is 0.739. The Bertz CT molecular complexity index is 41.9. The number of rotatable bonds is 3. The molecule has 0 rings (SSSR count). The van der Waals surface area contributed by atoms with Crippen LogP contribution in [-0.2, 0) is 8.23 Å². The highest BCUT2D eigenvalue weighted by Crippen LogP contribution is 1.78. The van der Waals surface area contributed by atoms with Crippen molar-refractivity contribution in [2.24, 2.45) is 5.40 Å². The zero-order valence-electron chi connectivity index (χ0n) is 4.06. The van der Waals surface area contributed by atoms with Crippen LogP contribution in [0.3, 0.4) is 0 Å². The lowest BCUT2D eigenvalue weighted by Crippen LogP contribution is -2.25. The van der Waals surface area contributed by atoms with E-state index in [9.17, 15) is 0 Å². The molecule has 0 spiro atoms. The molecular weight excluding hydrogens is 166 g/mol. The fraction of sp³-hybridized carbons (Fsp3) is 0. The zero-order chi connectivity index (χ0) is 5.70. The van der Waals surface area contributed by atoms with Gasteiger partial charge in [-0.2, -0.15) is 0 Å². The van der Waals surface area contributed by atoms with Crippen molar-refractivity contribution >= 4 is 40.1 Å². The SMILES string of the molecule is N[SiH](Cl)O[SiH2]O[SiH3]. The molecule has 0 aromatic heterocycles. The lowest BCUT2D eigenvalue weighted by Gasteiger charge is -1.99. The summed E-state index contributed by atoms with van der Waals surface area (Å²) in [7, 11) is -1.78. The summed E-state index contributed by atoms with van der Waals surface area (Å²) in [5.41, 5.74) is 0. The van der Waals surface area contributed by atoms with Gasteiger partial charge < -0.3 is 13.6 Å². The summed E-state index contributed by atoms with van der Waals surface area (Å²) >= 11 is 5.32. The predicted octanol–water partition coefficient (Wildman–Crippen LogP) is -2.79. The Morgan fingerprint density at radius 1 is 1.86 bits per heavy atom. The summed E-state index contributed by atoms with van der Waals surface area (Å²) < 4.78 is 9.60. The Kier molecular flexibility index (Phi) is 5.55. The highest BCUT2D eigenvalue weighted by molar-refractivity contribution is 7.02. The minimum atomic E-state index is -1.76. The van der Waals surface area contributed by atoms with Crippen molar-refractivity contribution in [1.82, 2.24) is 0 Å². The molecule has 0 aliphatic heterocycles. The van der Waals surface area contributed by atoms with Crippen LogP contribution in [0.2, 0.25) is 0 Å².